The molecule has 2 aromatic rings. The summed E-state index contributed by atoms with van der Waals surface area (Å²) in [5.74, 6) is 0. The quantitative estimate of drug-likeness (QED) is 0.917. The van der Waals surface area contributed by atoms with Gasteiger partial charge >= 0.3 is 0 Å². The molecular formula is C16H20N2OS. The topological polar surface area (TPSA) is 36.4 Å². The minimum absolute atomic E-state index is 0.325. The van der Waals surface area contributed by atoms with Crippen molar-refractivity contribution in [1.29, 1.82) is 0 Å². The van der Waals surface area contributed by atoms with Gasteiger partial charge in [-0.1, -0.05) is 12.1 Å². The van der Waals surface area contributed by atoms with Crippen LogP contribution in [-0.2, 0) is 6.54 Å². The lowest BCUT2D eigenvalue weighted by Crippen LogP contribution is -2.30. The molecule has 3 rings (SSSR count). The van der Waals surface area contributed by atoms with Gasteiger partial charge in [0.1, 0.15) is 0 Å². The van der Waals surface area contributed by atoms with Gasteiger partial charge in [-0.15, -0.1) is 11.3 Å². The monoisotopic (exact) mass is 288 g/mol. The Bertz CT molecular complexity index is 515. The number of aliphatic hydroxyl groups excluding tert-OH is 1. The Morgan fingerprint density at radius 2 is 2.35 bits per heavy atom. The molecule has 4 heteroatoms. The first kappa shape index (κ1) is 13.7. The molecule has 0 spiro atoms. The molecule has 106 valence electrons. The van der Waals surface area contributed by atoms with Crippen LogP contribution in [-0.4, -0.2) is 27.6 Å². The fourth-order valence-corrected chi connectivity index (χ4v) is 3.68. The Balaban J connectivity index is 1.61. The van der Waals surface area contributed by atoms with E-state index in [1.807, 2.05) is 36.0 Å². The first-order valence-electron chi connectivity index (χ1n) is 7.17. The Hall–Kier alpha value is -1.23. The van der Waals surface area contributed by atoms with Crippen molar-refractivity contribution in [2.45, 2.75) is 38.0 Å². The van der Waals surface area contributed by atoms with Gasteiger partial charge in [0.2, 0.25) is 0 Å². The van der Waals surface area contributed by atoms with Gasteiger partial charge in [0.05, 0.1) is 6.10 Å². The lowest BCUT2D eigenvalue weighted by molar-refractivity contribution is 0.120. The van der Waals surface area contributed by atoms with Gasteiger partial charge in [-0.3, -0.25) is 9.88 Å². The van der Waals surface area contributed by atoms with Crippen LogP contribution in [0.3, 0.4) is 0 Å². The summed E-state index contributed by atoms with van der Waals surface area (Å²) in [7, 11) is 0. The van der Waals surface area contributed by atoms with Crippen molar-refractivity contribution in [1.82, 2.24) is 9.88 Å². The van der Waals surface area contributed by atoms with Crippen LogP contribution in [0.5, 0.6) is 0 Å². The highest BCUT2D eigenvalue weighted by Gasteiger charge is 2.27. The smallest absolute Gasteiger partial charge is 0.0896 e. The third-order valence-electron chi connectivity index (χ3n) is 3.97. The van der Waals surface area contributed by atoms with Gasteiger partial charge in [0.25, 0.3) is 0 Å². The maximum absolute atomic E-state index is 10.3. The third kappa shape index (κ3) is 3.26. The maximum Gasteiger partial charge on any atom is 0.0896 e. The van der Waals surface area contributed by atoms with E-state index in [9.17, 15) is 5.11 Å². The largest absolute Gasteiger partial charge is 0.388 e. The normalized spacial score (nSPS) is 21.1. The number of nitrogens with zero attached hydrogens (tertiary/aromatic N) is 2. The van der Waals surface area contributed by atoms with Gasteiger partial charge in [-0.2, -0.15) is 0 Å². The van der Waals surface area contributed by atoms with E-state index in [2.05, 4.69) is 16.0 Å². The van der Waals surface area contributed by atoms with Crippen LogP contribution < -0.4 is 0 Å². The van der Waals surface area contributed by atoms with Crippen LogP contribution in [0.4, 0.5) is 0 Å². The summed E-state index contributed by atoms with van der Waals surface area (Å²) in [5, 5.41) is 12.4. The molecule has 0 bridgehead atoms. The Morgan fingerprint density at radius 3 is 3.10 bits per heavy atom. The van der Waals surface area contributed by atoms with Crippen LogP contribution in [0, 0.1) is 0 Å². The molecule has 0 amide bonds. The van der Waals surface area contributed by atoms with Gasteiger partial charge in [-0.25, -0.2) is 0 Å². The van der Waals surface area contributed by atoms with E-state index in [0.717, 1.165) is 24.4 Å². The first-order valence-corrected chi connectivity index (χ1v) is 8.05. The molecule has 2 unspecified atom stereocenters. The fourth-order valence-electron chi connectivity index (χ4n) is 2.95. The fraction of sp³-hybridized carbons (Fsp3) is 0.438. The molecule has 1 aliphatic rings. The van der Waals surface area contributed by atoms with Gasteiger partial charge < -0.3 is 5.11 Å². The molecule has 1 fully saturated rings. The molecule has 3 nitrogen and oxygen atoms in total. The summed E-state index contributed by atoms with van der Waals surface area (Å²) >= 11 is 1.64. The first-order chi connectivity index (χ1) is 9.83. The molecular weight excluding hydrogens is 268 g/mol. The second-order valence-electron chi connectivity index (χ2n) is 5.39. The predicted octanol–water partition coefficient (Wildman–Crippen LogP) is 3.23. The van der Waals surface area contributed by atoms with Gasteiger partial charge in [0, 0.05) is 29.9 Å². The van der Waals surface area contributed by atoms with Crippen molar-refractivity contribution < 1.29 is 5.11 Å². The highest BCUT2D eigenvalue weighted by atomic mass is 32.1. The van der Waals surface area contributed by atoms with Crippen LogP contribution in [0.25, 0.3) is 0 Å². The molecule has 2 atom stereocenters. The summed E-state index contributed by atoms with van der Waals surface area (Å²) < 4.78 is 0. The van der Waals surface area contributed by atoms with Gasteiger partial charge in [-0.05, 0) is 48.9 Å². The molecule has 0 saturated carbocycles. The SMILES string of the molecule is OC(CC1CCCN1Cc1cccnc1)c1cccs1. The number of rotatable bonds is 5. The molecule has 1 N–H and O–H groups in total. The summed E-state index contributed by atoms with van der Waals surface area (Å²) in [4.78, 5) is 7.74. The minimum Gasteiger partial charge on any atom is -0.388 e. The predicted molar refractivity (Wildman–Crippen MR) is 81.6 cm³/mol. The van der Waals surface area contributed by atoms with E-state index in [0.29, 0.717) is 6.04 Å². The molecule has 20 heavy (non-hydrogen) atoms. The van der Waals surface area contributed by atoms with E-state index in [1.165, 1.54) is 18.4 Å². The number of pyridine rings is 1. The zero-order valence-corrected chi connectivity index (χ0v) is 12.3. The van der Waals surface area contributed by atoms with Crippen LogP contribution >= 0.6 is 11.3 Å². The lowest BCUT2D eigenvalue weighted by atomic mass is 10.1. The minimum atomic E-state index is -0.325. The highest BCUT2D eigenvalue weighted by molar-refractivity contribution is 7.10. The Labute approximate surface area is 123 Å². The average molecular weight is 288 g/mol. The van der Waals surface area contributed by atoms with Crippen molar-refractivity contribution >= 4 is 11.3 Å². The van der Waals surface area contributed by atoms with Gasteiger partial charge in [0.15, 0.2) is 0 Å². The lowest BCUT2D eigenvalue weighted by Gasteiger charge is -2.26. The summed E-state index contributed by atoms with van der Waals surface area (Å²) in [6, 6.07) is 8.62. The van der Waals surface area contributed by atoms with Crippen molar-refractivity contribution in [3.8, 4) is 0 Å². The molecule has 2 aromatic heterocycles. The van der Waals surface area contributed by atoms with Crippen LogP contribution in [0.1, 0.15) is 35.8 Å². The van der Waals surface area contributed by atoms with Crippen molar-refractivity contribution in [3.63, 3.8) is 0 Å². The highest BCUT2D eigenvalue weighted by Crippen LogP contribution is 2.30. The van der Waals surface area contributed by atoms with E-state index < -0.39 is 0 Å². The zero-order valence-electron chi connectivity index (χ0n) is 11.5. The number of hydrogen-bond donors (Lipinski definition) is 1. The van der Waals surface area contributed by atoms with Crippen LogP contribution in [0.2, 0.25) is 0 Å². The Kier molecular flexibility index (Phi) is 4.45. The van der Waals surface area contributed by atoms with Crippen molar-refractivity contribution in [2.24, 2.45) is 0 Å². The van der Waals surface area contributed by atoms with E-state index >= 15 is 0 Å². The summed E-state index contributed by atoms with van der Waals surface area (Å²) in [6.07, 6.45) is 6.66. The number of aliphatic hydroxyl groups is 1. The average Bonchev–Trinajstić information content (AvgIpc) is 3.12. The number of aromatic nitrogens is 1. The maximum atomic E-state index is 10.3. The van der Waals surface area contributed by atoms with E-state index in [-0.39, 0.29) is 6.10 Å². The zero-order chi connectivity index (χ0) is 13.8. The van der Waals surface area contributed by atoms with Crippen molar-refractivity contribution in [2.75, 3.05) is 6.54 Å². The number of likely N-dealkylation sites (tertiary alicyclic amines) is 1. The second kappa shape index (κ2) is 6.48. The van der Waals surface area contributed by atoms with Crippen molar-refractivity contribution in [3.05, 3.63) is 52.5 Å². The molecule has 1 saturated heterocycles. The second-order valence-corrected chi connectivity index (χ2v) is 6.37. The molecule has 0 aliphatic carbocycles. The third-order valence-corrected chi connectivity index (χ3v) is 4.95. The van der Waals surface area contributed by atoms with Crippen LogP contribution in [0.15, 0.2) is 42.0 Å². The Morgan fingerprint density at radius 1 is 1.40 bits per heavy atom. The summed E-state index contributed by atoms with van der Waals surface area (Å²) in [6.45, 7) is 2.06. The van der Waals surface area contributed by atoms with E-state index in [1.54, 1.807) is 11.3 Å². The standard InChI is InChI=1S/C16H20N2OS/c19-15(16-6-3-9-20-16)10-14-5-2-8-18(14)12-13-4-1-7-17-11-13/h1,3-4,6-7,9,11,14-15,19H,2,5,8,10,12H2. The van der Waals surface area contributed by atoms with E-state index in [4.69, 9.17) is 0 Å². The number of hydrogen-bond acceptors (Lipinski definition) is 4. The number of thiophene rings is 1. The summed E-state index contributed by atoms with van der Waals surface area (Å²) in [5.41, 5.74) is 1.25. The molecule has 0 aromatic carbocycles. The molecule has 3 heterocycles. The molecule has 1 aliphatic heterocycles. The molecule has 0 radical (unpaired) electrons.